The molecule has 124 valence electrons. The Morgan fingerprint density at radius 1 is 1.00 bits per heavy atom. The Balaban J connectivity index is 1.59. The minimum atomic E-state index is -4.44. The quantitative estimate of drug-likeness (QED) is 0.723. The molecule has 24 heavy (non-hydrogen) atoms. The van der Waals surface area contributed by atoms with E-state index in [9.17, 15) is 13.2 Å². The van der Waals surface area contributed by atoms with E-state index in [0.29, 0.717) is 23.5 Å². The molecular formula is C16H13F3N4O. The normalized spacial score (nSPS) is 11.5. The lowest BCUT2D eigenvalue weighted by molar-refractivity contribution is -0.138. The number of nitrogens with zero attached hydrogens (tertiary/aromatic N) is 3. The molecular weight excluding hydrogens is 321 g/mol. The Morgan fingerprint density at radius 2 is 1.79 bits per heavy atom. The predicted octanol–water partition coefficient (Wildman–Crippen LogP) is 3.53. The van der Waals surface area contributed by atoms with Gasteiger partial charge >= 0.3 is 6.18 Å². The Kier molecular flexibility index (Phi) is 4.45. The number of alkyl halides is 3. The van der Waals surface area contributed by atoms with Crippen molar-refractivity contribution in [2.24, 2.45) is 0 Å². The molecule has 0 saturated heterocycles. The molecule has 0 unspecified atom stereocenters. The second kappa shape index (κ2) is 6.69. The van der Waals surface area contributed by atoms with Crippen LogP contribution in [0.2, 0.25) is 0 Å². The Bertz CT molecular complexity index is 839. The molecule has 5 nitrogen and oxygen atoms in total. The van der Waals surface area contributed by atoms with E-state index in [4.69, 9.17) is 4.74 Å². The highest BCUT2D eigenvalue weighted by atomic mass is 19.4. The first-order valence-electron chi connectivity index (χ1n) is 7.15. The van der Waals surface area contributed by atoms with Gasteiger partial charge in [-0.3, -0.25) is 4.98 Å². The summed E-state index contributed by atoms with van der Waals surface area (Å²) >= 11 is 0. The Labute approximate surface area is 135 Å². The summed E-state index contributed by atoms with van der Waals surface area (Å²) in [4.78, 5) is 12.4. The molecule has 1 N–H and O–H groups in total. The van der Waals surface area contributed by atoms with Crippen molar-refractivity contribution >= 4 is 17.0 Å². The third-order valence-corrected chi connectivity index (χ3v) is 3.19. The summed E-state index contributed by atoms with van der Waals surface area (Å²) in [6.45, 7) is 0.359. The molecule has 3 aromatic rings. The number of fused-ring (bicyclic) bond motifs is 1. The molecule has 0 bridgehead atoms. The number of halogens is 3. The van der Waals surface area contributed by atoms with Crippen molar-refractivity contribution < 1.29 is 17.9 Å². The number of benzene rings is 1. The van der Waals surface area contributed by atoms with Gasteiger partial charge in [0, 0.05) is 12.4 Å². The number of rotatable bonds is 5. The molecule has 0 aliphatic heterocycles. The molecule has 0 radical (unpaired) electrons. The van der Waals surface area contributed by atoms with Crippen molar-refractivity contribution in [1.82, 2.24) is 15.0 Å². The van der Waals surface area contributed by atoms with Gasteiger partial charge in [0.1, 0.15) is 23.7 Å². The summed E-state index contributed by atoms with van der Waals surface area (Å²) in [7, 11) is 0. The first-order chi connectivity index (χ1) is 11.5. The smallest absolute Gasteiger partial charge is 0.419 e. The van der Waals surface area contributed by atoms with Crippen LogP contribution >= 0.6 is 0 Å². The highest BCUT2D eigenvalue weighted by molar-refractivity contribution is 5.71. The molecule has 0 aliphatic carbocycles. The van der Waals surface area contributed by atoms with Crippen molar-refractivity contribution in [2.75, 3.05) is 18.5 Å². The maximum Gasteiger partial charge on any atom is 0.419 e. The molecule has 0 atom stereocenters. The third-order valence-electron chi connectivity index (χ3n) is 3.19. The Hall–Kier alpha value is -2.90. The number of aromatic nitrogens is 3. The fourth-order valence-electron chi connectivity index (χ4n) is 2.12. The number of ether oxygens (including phenoxy) is 1. The summed E-state index contributed by atoms with van der Waals surface area (Å²) in [6.07, 6.45) is -1.33. The fraction of sp³-hybridized carbons (Fsp3) is 0.188. The lowest BCUT2D eigenvalue weighted by atomic mass is 10.2. The van der Waals surface area contributed by atoms with Gasteiger partial charge in [-0.2, -0.15) is 13.2 Å². The highest BCUT2D eigenvalue weighted by Crippen LogP contribution is 2.35. The van der Waals surface area contributed by atoms with Gasteiger partial charge in [0.15, 0.2) is 5.65 Å². The van der Waals surface area contributed by atoms with E-state index in [1.807, 2.05) is 0 Å². The summed E-state index contributed by atoms with van der Waals surface area (Å²) in [5.41, 5.74) is 0.369. The number of pyridine rings is 1. The van der Waals surface area contributed by atoms with E-state index in [2.05, 4.69) is 20.3 Å². The van der Waals surface area contributed by atoms with E-state index >= 15 is 0 Å². The topological polar surface area (TPSA) is 59.9 Å². The van der Waals surface area contributed by atoms with Gasteiger partial charge in [-0.25, -0.2) is 9.97 Å². The van der Waals surface area contributed by atoms with Crippen LogP contribution in [0.5, 0.6) is 5.75 Å². The van der Waals surface area contributed by atoms with Crippen LogP contribution in [-0.2, 0) is 6.18 Å². The van der Waals surface area contributed by atoms with Crippen molar-refractivity contribution in [2.45, 2.75) is 6.18 Å². The number of hydrogen-bond acceptors (Lipinski definition) is 5. The van der Waals surface area contributed by atoms with Crippen molar-refractivity contribution in [3.05, 3.63) is 54.4 Å². The molecule has 2 heterocycles. The van der Waals surface area contributed by atoms with Crippen LogP contribution in [0.15, 0.2) is 48.8 Å². The minimum absolute atomic E-state index is 0.0628. The zero-order valence-corrected chi connectivity index (χ0v) is 12.4. The van der Waals surface area contributed by atoms with E-state index in [1.165, 1.54) is 24.4 Å². The zero-order chi connectivity index (χ0) is 17.0. The van der Waals surface area contributed by atoms with Crippen molar-refractivity contribution in [3.8, 4) is 5.75 Å². The highest BCUT2D eigenvalue weighted by Gasteiger charge is 2.33. The molecule has 0 fully saturated rings. The molecule has 0 saturated carbocycles. The summed E-state index contributed by atoms with van der Waals surface area (Å²) in [5, 5.41) is 2.98. The third kappa shape index (κ3) is 3.70. The van der Waals surface area contributed by atoms with E-state index < -0.39 is 11.7 Å². The Morgan fingerprint density at radius 3 is 2.62 bits per heavy atom. The minimum Gasteiger partial charge on any atom is -0.491 e. The monoisotopic (exact) mass is 334 g/mol. The largest absolute Gasteiger partial charge is 0.491 e. The zero-order valence-electron chi connectivity index (χ0n) is 12.4. The number of anilines is 1. The number of nitrogens with one attached hydrogen (secondary N) is 1. The van der Waals surface area contributed by atoms with Crippen LogP contribution < -0.4 is 10.1 Å². The van der Waals surface area contributed by atoms with Crippen LogP contribution in [0.4, 0.5) is 19.0 Å². The van der Waals surface area contributed by atoms with Crippen molar-refractivity contribution in [3.63, 3.8) is 0 Å². The van der Waals surface area contributed by atoms with Crippen LogP contribution in [0, 0.1) is 0 Å². The molecule has 2 aromatic heterocycles. The standard InChI is InChI=1S/C16H13F3N4O/c17-16(18,19)11-3-1-2-4-13(11)24-10-9-21-14-6-5-12-15(23-14)22-8-7-20-12/h1-8H,9-10H2,(H,21,22,23). The molecule has 1 aromatic carbocycles. The van der Waals surface area contributed by atoms with E-state index in [1.54, 1.807) is 18.3 Å². The first kappa shape index (κ1) is 16.0. The van der Waals surface area contributed by atoms with Gasteiger partial charge in [0.2, 0.25) is 0 Å². The summed E-state index contributed by atoms with van der Waals surface area (Å²) in [6, 6.07) is 8.60. The van der Waals surface area contributed by atoms with Gasteiger partial charge < -0.3 is 10.1 Å². The predicted molar refractivity (Wildman–Crippen MR) is 82.8 cm³/mol. The van der Waals surface area contributed by atoms with Gasteiger partial charge in [0.05, 0.1) is 12.1 Å². The van der Waals surface area contributed by atoms with E-state index in [0.717, 1.165) is 6.07 Å². The summed E-state index contributed by atoms with van der Waals surface area (Å²) < 4.78 is 43.8. The van der Waals surface area contributed by atoms with Crippen molar-refractivity contribution in [1.29, 1.82) is 0 Å². The molecule has 8 heteroatoms. The summed E-state index contributed by atoms with van der Waals surface area (Å²) in [5.74, 6) is 0.361. The molecule has 0 spiro atoms. The fourth-order valence-corrected chi connectivity index (χ4v) is 2.12. The molecule has 0 amide bonds. The first-order valence-corrected chi connectivity index (χ1v) is 7.15. The van der Waals surface area contributed by atoms with Crippen LogP contribution in [0.3, 0.4) is 0 Å². The van der Waals surface area contributed by atoms with Crippen LogP contribution in [0.25, 0.3) is 11.2 Å². The van der Waals surface area contributed by atoms with E-state index in [-0.39, 0.29) is 12.4 Å². The van der Waals surface area contributed by atoms with Gasteiger partial charge in [0.25, 0.3) is 0 Å². The van der Waals surface area contributed by atoms with Crippen LogP contribution in [0.1, 0.15) is 5.56 Å². The second-order valence-corrected chi connectivity index (χ2v) is 4.86. The SMILES string of the molecule is FC(F)(F)c1ccccc1OCCNc1ccc2nccnc2n1. The number of para-hydroxylation sites is 1. The van der Waals surface area contributed by atoms with Gasteiger partial charge in [-0.05, 0) is 24.3 Å². The second-order valence-electron chi connectivity index (χ2n) is 4.86. The average Bonchev–Trinajstić information content (AvgIpc) is 2.58. The molecule has 0 aliphatic rings. The maximum atomic E-state index is 12.9. The molecule has 3 rings (SSSR count). The number of hydrogen-bond donors (Lipinski definition) is 1. The lowest BCUT2D eigenvalue weighted by Gasteiger charge is -2.14. The lowest BCUT2D eigenvalue weighted by Crippen LogP contribution is -2.15. The van der Waals surface area contributed by atoms with Gasteiger partial charge in [-0.1, -0.05) is 12.1 Å². The van der Waals surface area contributed by atoms with Crippen LogP contribution in [-0.4, -0.2) is 28.1 Å². The van der Waals surface area contributed by atoms with Gasteiger partial charge in [-0.15, -0.1) is 0 Å². The average molecular weight is 334 g/mol. The maximum absolute atomic E-state index is 12.9.